The fourth-order valence-corrected chi connectivity index (χ4v) is 4.68. The minimum absolute atomic E-state index is 0.101. The Morgan fingerprint density at radius 1 is 1.12 bits per heavy atom. The first-order valence-corrected chi connectivity index (χ1v) is 11.5. The van der Waals surface area contributed by atoms with Gasteiger partial charge >= 0.3 is 0 Å². The Labute approximate surface area is 191 Å². The largest absolute Gasteiger partial charge is 0.497 e. The van der Waals surface area contributed by atoms with Crippen molar-refractivity contribution in [3.63, 3.8) is 0 Å². The van der Waals surface area contributed by atoms with Crippen LogP contribution in [0.25, 0.3) is 0 Å². The quantitative estimate of drug-likeness (QED) is 0.577. The number of hydrogen-bond donors (Lipinski definition) is 1. The molecule has 7 nitrogen and oxygen atoms in total. The maximum absolute atomic E-state index is 12.9. The number of aryl methyl sites for hydroxylation is 2. The maximum Gasteiger partial charge on any atom is 0.286 e. The molecule has 0 bridgehead atoms. The summed E-state index contributed by atoms with van der Waals surface area (Å²) in [4.78, 5) is 27.3. The van der Waals surface area contributed by atoms with Gasteiger partial charge in [-0.25, -0.2) is 0 Å². The Kier molecular flexibility index (Phi) is 6.80. The summed E-state index contributed by atoms with van der Waals surface area (Å²) < 4.78 is 5.18. The fourth-order valence-electron chi connectivity index (χ4n) is 3.79. The Balaban J connectivity index is 1.37. The molecule has 1 N–H and O–H groups in total. The molecule has 1 fully saturated rings. The van der Waals surface area contributed by atoms with Gasteiger partial charge in [-0.3, -0.25) is 9.59 Å². The van der Waals surface area contributed by atoms with Gasteiger partial charge in [0.15, 0.2) is 0 Å². The second kappa shape index (κ2) is 9.91. The Hall–Kier alpha value is -3.26. The van der Waals surface area contributed by atoms with Gasteiger partial charge in [0.1, 0.15) is 10.8 Å². The topological polar surface area (TPSA) is 84.4 Å². The zero-order valence-corrected chi connectivity index (χ0v) is 19.0. The van der Waals surface area contributed by atoms with Gasteiger partial charge in [0, 0.05) is 18.7 Å². The van der Waals surface area contributed by atoms with Crippen molar-refractivity contribution in [2.24, 2.45) is 0 Å². The number of methoxy groups -OCH3 is 1. The highest BCUT2D eigenvalue weighted by atomic mass is 32.1. The van der Waals surface area contributed by atoms with E-state index in [2.05, 4.69) is 15.5 Å². The van der Waals surface area contributed by atoms with E-state index in [0.717, 1.165) is 29.7 Å². The molecule has 0 unspecified atom stereocenters. The molecule has 0 radical (unpaired) electrons. The van der Waals surface area contributed by atoms with Gasteiger partial charge in [0.05, 0.1) is 13.2 Å². The van der Waals surface area contributed by atoms with Gasteiger partial charge in [0.25, 0.3) is 5.91 Å². The molecule has 166 valence electrons. The van der Waals surface area contributed by atoms with Crippen molar-refractivity contribution in [3.05, 3.63) is 69.7 Å². The molecular weight excluding hydrogens is 424 g/mol. The van der Waals surface area contributed by atoms with E-state index in [9.17, 15) is 9.59 Å². The van der Waals surface area contributed by atoms with Crippen LogP contribution in [-0.4, -0.2) is 40.6 Å². The number of amides is 2. The average molecular weight is 451 g/mol. The van der Waals surface area contributed by atoms with E-state index in [0.29, 0.717) is 35.1 Å². The highest BCUT2D eigenvalue weighted by Crippen LogP contribution is 2.34. The first-order valence-electron chi connectivity index (χ1n) is 10.7. The first-order chi connectivity index (χ1) is 15.5. The highest BCUT2D eigenvalue weighted by Gasteiger charge is 2.32. The van der Waals surface area contributed by atoms with Crippen molar-refractivity contribution in [2.45, 2.75) is 38.6 Å². The monoisotopic (exact) mass is 450 g/mol. The molecule has 2 amide bonds. The third-order valence-electron chi connectivity index (χ3n) is 5.59. The van der Waals surface area contributed by atoms with Crippen molar-refractivity contribution in [1.29, 1.82) is 0 Å². The lowest BCUT2D eigenvalue weighted by Gasteiger charge is -2.22. The lowest BCUT2D eigenvalue weighted by atomic mass is 10.1. The number of benzene rings is 2. The smallest absolute Gasteiger partial charge is 0.286 e. The van der Waals surface area contributed by atoms with Gasteiger partial charge < -0.3 is 15.0 Å². The summed E-state index contributed by atoms with van der Waals surface area (Å²) >= 11 is 1.26. The number of carbonyl (C=O) groups is 2. The van der Waals surface area contributed by atoms with E-state index < -0.39 is 0 Å². The number of likely N-dealkylation sites (tertiary alicyclic amines) is 1. The standard InChI is InChI=1S/C24H26N4O3S/c1-16-5-10-18(11-6-16)25-22(30)24-27-26-23(32-24)20-4-3-15-28(20)21(29)14-9-17-7-12-19(31-2)13-8-17/h5-8,10-13,20H,3-4,9,14-15H2,1-2H3,(H,25,30)/t20-/m0/s1. The van der Waals surface area contributed by atoms with E-state index >= 15 is 0 Å². The van der Waals surface area contributed by atoms with Crippen LogP contribution in [0.2, 0.25) is 0 Å². The van der Waals surface area contributed by atoms with Crippen LogP contribution in [0.3, 0.4) is 0 Å². The average Bonchev–Trinajstić information content (AvgIpc) is 3.49. The first kappa shape index (κ1) is 22.0. The summed E-state index contributed by atoms with van der Waals surface area (Å²) in [7, 11) is 1.64. The molecule has 1 aromatic heterocycles. The van der Waals surface area contributed by atoms with E-state index in [-0.39, 0.29) is 17.9 Å². The number of ether oxygens (including phenoxy) is 1. The Morgan fingerprint density at radius 2 is 1.88 bits per heavy atom. The molecule has 32 heavy (non-hydrogen) atoms. The summed E-state index contributed by atoms with van der Waals surface area (Å²) in [5, 5.41) is 12.2. The zero-order valence-electron chi connectivity index (χ0n) is 18.2. The van der Waals surface area contributed by atoms with Gasteiger partial charge in [-0.05, 0) is 56.0 Å². The van der Waals surface area contributed by atoms with Gasteiger partial charge in [-0.1, -0.05) is 41.2 Å². The third-order valence-corrected chi connectivity index (χ3v) is 6.61. The molecule has 1 saturated heterocycles. The van der Waals surface area contributed by atoms with E-state index in [4.69, 9.17) is 4.74 Å². The van der Waals surface area contributed by atoms with Crippen LogP contribution in [0.4, 0.5) is 5.69 Å². The van der Waals surface area contributed by atoms with Crippen molar-refractivity contribution in [3.8, 4) is 5.75 Å². The number of aromatic nitrogens is 2. The van der Waals surface area contributed by atoms with Crippen LogP contribution in [0, 0.1) is 6.92 Å². The lowest BCUT2D eigenvalue weighted by Crippen LogP contribution is -2.30. The molecule has 0 aliphatic carbocycles. The maximum atomic E-state index is 12.9. The van der Waals surface area contributed by atoms with Crippen LogP contribution in [-0.2, 0) is 11.2 Å². The molecule has 2 aromatic carbocycles. The van der Waals surface area contributed by atoms with Crippen LogP contribution < -0.4 is 10.1 Å². The molecule has 0 spiro atoms. The Morgan fingerprint density at radius 3 is 2.59 bits per heavy atom. The second-order valence-corrected chi connectivity index (χ2v) is 8.87. The van der Waals surface area contributed by atoms with Crippen molar-refractivity contribution < 1.29 is 14.3 Å². The van der Waals surface area contributed by atoms with Gasteiger partial charge in [-0.15, -0.1) is 10.2 Å². The molecule has 1 aliphatic rings. The van der Waals surface area contributed by atoms with E-state index in [1.54, 1.807) is 7.11 Å². The predicted molar refractivity (Wildman–Crippen MR) is 124 cm³/mol. The third kappa shape index (κ3) is 5.13. The zero-order chi connectivity index (χ0) is 22.5. The van der Waals surface area contributed by atoms with E-state index in [1.165, 1.54) is 11.3 Å². The SMILES string of the molecule is COc1ccc(CCC(=O)N2CCC[C@H]2c2nnc(C(=O)Nc3ccc(C)cc3)s2)cc1. The molecule has 0 saturated carbocycles. The summed E-state index contributed by atoms with van der Waals surface area (Å²) in [5.74, 6) is 0.621. The van der Waals surface area contributed by atoms with Crippen LogP contribution in [0.15, 0.2) is 48.5 Å². The highest BCUT2D eigenvalue weighted by molar-refractivity contribution is 7.13. The summed E-state index contributed by atoms with van der Waals surface area (Å²) in [6, 6.07) is 15.3. The van der Waals surface area contributed by atoms with Gasteiger partial charge in [0.2, 0.25) is 10.9 Å². The molecule has 1 atom stereocenters. The fraction of sp³-hybridized carbons (Fsp3) is 0.333. The second-order valence-electron chi connectivity index (χ2n) is 7.86. The molecule has 3 aromatic rings. The minimum Gasteiger partial charge on any atom is -0.497 e. The van der Waals surface area contributed by atoms with E-state index in [1.807, 2.05) is 60.4 Å². The molecule has 4 rings (SSSR count). The van der Waals surface area contributed by atoms with Crippen LogP contribution in [0.1, 0.15) is 51.2 Å². The summed E-state index contributed by atoms with van der Waals surface area (Å²) in [6.45, 7) is 2.70. The number of carbonyl (C=O) groups excluding carboxylic acids is 2. The molecule has 1 aliphatic heterocycles. The molecule has 8 heteroatoms. The van der Waals surface area contributed by atoms with Crippen LogP contribution in [0.5, 0.6) is 5.75 Å². The van der Waals surface area contributed by atoms with Crippen molar-refractivity contribution in [1.82, 2.24) is 15.1 Å². The number of hydrogen-bond acceptors (Lipinski definition) is 6. The van der Waals surface area contributed by atoms with Gasteiger partial charge in [-0.2, -0.15) is 0 Å². The number of anilines is 1. The van der Waals surface area contributed by atoms with Crippen molar-refractivity contribution in [2.75, 3.05) is 19.0 Å². The summed E-state index contributed by atoms with van der Waals surface area (Å²) in [5.41, 5.74) is 2.94. The number of rotatable bonds is 7. The number of nitrogens with zero attached hydrogens (tertiary/aromatic N) is 3. The molecule has 2 heterocycles. The lowest BCUT2D eigenvalue weighted by molar-refractivity contribution is -0.132. The number of nitrogens with one attached hydrogen (secondary N) is 1. The van der Waals surface area contributed by atoms with Crippen LogP contribution >= 0.6 is 11.3 Å². The predicted octanol–water partition coefficient (Wildman–Crippen LogP) is 4.40. The molecular formula is C24H26N4O3S. The Bertz CT molecular complexity index is 1080. The van der Waals surface area contributed by atoms with Crippen molar-refractivity contribution >= 4 is 28.8 Å². The summed E-state index contributed by atoms with van der Waals surface area (Å²) in [6.07, 6.45) is 2.86. The normalized spacial score (nSPS) is 15.6. The minimum atomic E-state index is -0.284.